The van der Waals surface area contributed by atoms with Gasteiger partial charge in [0.1, 0.15) is 0 Å². The molecule has 0 aliphatic heterocycles. The molecule has 88 valence electrons. The number of rotatable bonds is 4. The lowest BCUT2D eigenvalue weighted by atomic mass is 10.2. The van der Waals surface area contributed by atoms with Gasteiger partial charge in [-0.15, -0.1) is 23.4 Å². The highest BCUT2D eigenvalue weighted by Gasteiger charge is 2.15. The van der Waals surface area contributed by atoms with Crippen LogP contribution in [0.1, 0.15) is 17.3 Å². The van der Waals surface area contributed by atoms with Gasteiger partial charge in [-0.1, -0.05) is 12.1 Å². The average molecular weight is 258 g/mol. The second kappa shape index (κ2) is 6.16. The molecule has 2 nitrogen and oxygen atoms in total. The summed E-state index contributed by atoms with van der Waals surface area (Å²) < 4.78 is 0. The van der Waals surface area contributed by atoms with E-state index >= 15 is 0 Å². The van der Waals surface area contributed by atoms with Crippen LogP contribution in [0.3, 0.4) is 0 Å². The topological polar surface area (TPSA) is 20.3 Å². The zero-order valence-electron chi connectivity index (χ0n) is 9.74. The third-order valence-electron chi connectivity index (χ3n) is 2.21. The molecule has 0 fully saturated rings. The number of hydrogen-bond acceptors (Lipinski definition) is 2. The Bertz CT molecular complexity index is 368. The number of amides is 1. The van der Waals surface area contributed by atoms with Gasteiger partial charge in [-0.3, -0.25) is 4.79 Å². The van der Waals surface area contributed by atoms with Gasteiger partial charge in [0.05, 0.1) is 5.56 Å². The fourth-order valence-electron chi connectivity index (χ4n) is 1.49. The van der Waals surface area contributed by atoms with E-state index in [0.29, 0.717) is 6.54 Å². The first-order valence-corrected chi connectivity index (χ1v) is 6.75. The van der Waals surface area contributed by atoms with Crippen LogP contribution < -0.4 is 0 Å². The number of nitrogens with zero attached hydrogens (tertiary/aromatic N) is 1. The Kier molecular flexibility index (Phi) is 5.16. The van der Waals surface area contributed by atoms with Gasteiger partial charge in [0.25, 0.3) is 5.91 Å². The molecule has 4 heteroatoms. The summed E-state index contributed by atoms with van der Waals surface area (Å²) in [6.45, 7) is 2.44. The van der Waals surface area contributed by atoms with Gasteiger partial charge in [-0.25, -0.2) is 0 Å². The number of alkyl halides is 1. The smallest absolute Gasteiger partial charge is 0.254 e. The van der Waals surface area contributed by atoms with Crippen molar-refractivity contribution in [3.8, 4) is 0 Å². The van der Waals surface area contributed by atoms with E-state index in [0.717, 1.165) is 10.5 Å². The van der Waals surface area contributed by atoms with Gasteiger partial charge in [0.15, 0.2) is 0 Å². The lowest BCUT2D eigenvalue weighted by molar-refractivity contribution is 0.0793. The lowest BCUT2D eigenvalue weighted by Crippen LogP contribution is -2.31. The van der Waals surface area contributed by atoms with Crippen molar-refractivity contribution in [3.63, 3.8) is 0 Å². The Balaban J connectivity index is 2.87. The van der Waals surface area contributed by atoms with E-state index < -0.39 is 0 Å². The van der Waals surface area contributed by atoms with Crippen LogP contribution in [-0.2, 0) is 0 Å². The third kappa shape index (κ3) is 3.42. The SMILES string of the molecule is CSc1ccccc1C(=O)N(C)CC(C)Cl. The fraction of sp³-hybridized carbons (Fsp3) is 0.417. The van der Waals surface area contributed by atoms with Crippen molar-refractivity contribution in [2.75, 3.05) is 19.8 Å². The minimum Gasteiger partial charge on any atom is -0.340 e. The molecule has 0 aromatic heterocycles. The third-order valence-corrected chi connectivity index (χ3v) is 3.14. The molecule has 0 bridgehead atoms. The minimum atomic E-state index is -0.0320. The summed E-state index contributed by atoms with van der Waals surface area (Å²) in [6, 6.07) is 7.62. The van der Waals surface area contributed by atoms with Gasteiger partial charge in [0, 0.05) is 23.9 Å². The van der Waals surface area contributed by atoms with E-state index in [1.807, 2.05) is 37.4 Å². The second-order valence-corrected chi connectivity index (χ2v) is 5.26. The number of carbonyl (C=O) groups is 1. The Morgan fingerprint density at radius 3 is 2.69 bits per heavy atom. The molecular formula is C12H16ClNOS. The molecule has 0 saturated carbocycles. The molecule has 1 atom stereocenters. The molecule has 0 saturated heterocycles. The summed E-state index contributed by atoms with van der Waals surface area (Å²) in [4.78, 5) is 14.8. The van der Waals surface area contributed by atoms with Crippen LogP contribution in [0, 0.1) is 0 Å². The Morgan fingerprint density at radius 1 is 1.50 bits per heavy atom. The van der Waals surface area contributed by atoms with E-state index in [2.05, 4.69) is 0 Å². The highest BCUT2D eigenvalue weighted by atomic mass is 35.5. The molecule has 1 aromatic rings. The predicted molar refractivity (Wildman–Crippen MR) is 70.5 cm³/mol. The van der Waals surface area contributed by atoms with Crippen LogP contribution in [0.5, 0.6) is 0 Å². The Labute approximate surface area is 106 Å². The summed E-state index contributed by atoms with van der Waals surface area (Å²) in [6.07, 6.45) is 1.97. The van der Waals surface area contributed by atoms with Gasteiger partial charge in [0.2, 0.25) is 0 Å². The summed E-state index contributed by atoms with van der Waals surface area (Å²) in [7, 11) is 1.78. The number of halogens is 1. The molecular weight excluding hydrogens is 242 g/mol. The van der Waals surface area contributed by atoms with Crippen LogP contribution in [-0.4, -0.2) is 36.0 Å². The van der Waals surface area contributed by atoms with Crippen molar-refractivity contribution in [1.29, 1.82) is 0 Å². The Hall–Kier alpha value is -0.670. The van der Waals surface area contributed by atoms with Crippen molar-refractivity contribution in [2.45, 2.75) is 17.2 Å². The van der Waals surface area contributed by atoms with Gasteiger partial charge < -0.3 is 4.90 Å². The molecule has 1 rings (SSSR count). The van der Waals surface area contributed by atoms with Crippen molar-refractivity contribution in [1.82, 2.24) is 4.90 Å². The highest BCUT2D eigenvalue weighted by molar-refractivity contribution is 7.98. The standard InChI is InChI=1S/C12H16ClNOS/c1-9(13)8-14(2)12(15)10-6-4-5-7-11(10)16-3/h4-7,9H,8H2,1-3H3. The maximum atomic E-state index is 12.1. The monoisotopic (exact) mass is 257 g/mol. The van der Waals surface area contributed by atoms with E-state index in [4.69, 9.17) is 11.6 Å². The van der Waals surface area contributed by atoms with Crippen LogP contribution in [0.15, 0.2) is 29.2 Å². The zero-order valence-corrected chi connectivity index (χ0v) is 11.3. The maximum absolute atomic E-state index is 12.1. The molecule has 0 spiro atoms. The molecule has 0 radical (unpaired) electrons. The first-order valence-electron chi connectivity index (χ1n) is 5.08. The lowest BCUT2D eigenvalue weighted by Gasteiger charge is -2.19. The molecule has 0 heterocycles. The highest BCUT2D eigenvalue weighted by Crippen LogP contribution is 2.21. The van der Waals surface area contributed by atoms with E-state index in [1.54, 1.807) is 23.7 Å². The largest absolute Gasteiger partial charge is 0.340 e. The molecule has 1 amide bonds. The van der Waals surface area contributed by atoms with Crippen LogP contribution in [0.2, 0.25) is 0 Å². The summed E-state index contributed by atoms with van der Waals surface area (Å²) in [5, 5.41) is -0.0320. The molecule has 0 aliphatic rings. The van der Waals surface area contributed by atoms with E-state index in [-0.39, 0.29) is 11.3 Å². The van der Waals surface area contributed by atoms with E-state index in [9.17, 15) is 4.79 Å². The Morgan fingerprint density at radius 2 is 2.12 bits per heavy atom. The average Bonchev–Trinajstić information content (AvgIpc) is 2.27. The van der Waals surface area contributed by atoms with Gasteiger partial charge in [-0.05, 0) is 25.3 Å². The second-order valence-electron chi connectivity index (χ2n) is 3.67. The van der Waals surface area contributed by atoms with Crippen LogP contribution in [0.4, 0.5) is 0 Å². The molecule has 1 aromatic carbocycles. The summed E-state index contributed by atoms with van der Waals surface area (Å²) in [5.41, 5.74) is 0.745. The number of hydrogen-bond donors (Lipinski definition) is 0. The van der Waals surface area contributed by atoms with Crippen molar-refractivity contribution < 1.29 is 4.79 Å². The molecule has 16 heavy (non-hydrogen) atoms. The van der Waals surface area contributed by atoms with E-state index in [1.165, 1.54) is 0 Å². The molecule has 0 aliphatic carbocycles. The molecule has 0 N–H and O–H groups in total. The number of benzene rings is 1. The first-order chi connectivity index (χ1) is 7.56. The van der Waals surface area contributed by atoms with Gasteiger partial charge >= 0.3 is 0 Å². The maximum Gasteiger partial charge on any atom is 0.254 e. The summed E-state index contributed by atoms with van der Waals surface area (Å²) in [5.74, 6) is 0.0254. The van der Waals surface area contributed by atoms with Crippen molar-refractivity contribution >= 4 is 29.3 Å². The number of thioether (sulfide) groups is 1. The van der Waals surface area contributed by atoms with Crippen molar-refractivity contribution in [3.05, 3.63) is 29.8 Å². The van der Waals surface area contributed by atoms with Crippen LogP contribution in [0.25, 0.3) is 0 Å². The normalized spacial score (nSPS) is 12.2. The quantitative estimate of drug-likeness (QED) is 0.610. The van der Waals surface area contributed by atoms with Crippen LogP contribution >= 0.6 is 23.4 Å². The van der Waals surface area contributed by atoms with Gasteiger partial charge in [-0.2, -0.15) is 0 Å². The predicted octanol–water partition coefficient (Wildman–Crippen LogP) is 3.11. The fourth-order valence-corrected chi connectivity index (χ4v) is 2.28. The minimum absolute atomic E-state index is 0.0254. The number of carbonyl (C=O) groups excluding carboxylic acids is 1. The molecule has 1 unspecified atom stereocenters. The zero-order chi connectivity index (χ0) is 12.1. The first kappa shape index (κ1) is 13.4. The van der Waals surface area contributed by atoms with Crippen molar-refractivity contribution in [2.24, 2.45) is 0 Å². The summed E-state index contributed by atoms with van der Waals surface area (Å²) >= 11 is 7.46.